The van der Waals surface area contributed by atoms with Gasteiger partial charge in [-0.3, -0.25) is 9.67 Å². The van der Waals surface area contributed by atoms with E-state index in [-0.39, 0.29) is 12.5 Å². The standard InChI is InChI=1S/C18H27N5O/c1-19-18(20-10-6-7-15-11-22-23(2)13-15)21-12-17(14-24)16-8-4-3-5-9-16/h3-5,8-9,11,13,17,24H,6-7,10,12,14H2,1-2H3,(H2,19,20,21). The highest BCUT2D eigenvalue weighted by molar-refractivity contribution is 5.79. The molecule has 0 spiro atoms. The van der Waals surface area contributed by atoms with Crippen LogP contribution in [0.1, 0.15) is 23.5 Å². The second kappa shape index (κ2) is 9.72. The maximum absolute atomic E-state index is 9.60. The number of nitrogens with one attached hydrogen (secondary N) is 2. The molecule has 1 heterocycles. The lowest BCUT2D eigenvalue weighted by Crippen LogP contribution is -2.40. The van der Waals surface area contributed by atoms with Crippen LogP contribution in [-0.2, 0) is 13.5 Å². The minimum Gasteiger partial charge on any atom is -0.396 e. The first-order valence-electron chi connectivity index (χ1n) is 8.30. The Labute approximate surface area is 143 Å². The molecule has 1 aromatic heterocycles. The van der Waals surface area contributed by atoms with Gasteiger partial charge in [-0.25, -0.2) is 0 Å². The summed E-state index contributed by atoms with van der Waals surface area (Å²) >= 11 is 0. The third-order valence-corrected chi connectivity index (χ3v) is 3.92. The number of rotatable bonds is 8. The van der Waals surface area contributed by atoms with E-state index in [0.29, 0.717) is 6.54 Å². The molecule has 3 N–H and O–H groups in total. The Hall–Kier alpha value is -2.34. The van der Waals surface area contributed by atoms with Crippen molar-refractivity contribution in [2.24, 2.45) is 12.0 Å². The van der Waals surface area contributed by atoms with Crippen LogP contribution in [0.2, 0.25) is 0 Å². The summed E-state index contributed by atoms with van der Waals surface area (Å²) in [6.45, 7) is 1.58. The summed E-state index contributed by atoms with van der Waals surface area (Å²) in [7, 11) is 3.69. The number of aliphatic imine (C=N–C) groups is 1. The van der Waals surface area contributed by atoms with E-state index in [0.717, 1.165) is 30.9 Å². The normalized spacial score (nSPS) is 12.9. The van der Waals surface area contributed by atoms with Gasteiger partial charge >= 0.3 is 0 Å². The third-order valence-electron chi connectivity index (χ3n) is 3.92. The monoisotopic (exact) mass is 329 g/mol. The molecule has 1 unspecified atom stereocenters. The number of guanidine groups is 1. The highest BCUT2D eigenvalue weighted by Crippen LogP contribution is 2.13. The van der Waals surface area contributed by atoms with Crippen molar-refractivity contribution in [3.63, 3.8) is 0 Å². The van der Waals surface area contributed by atoms with Crippen LogP contribution in [0.15, 0.2) is 47.7 Å². The minimum atomic E-state index is 0.0557. The molecule has 0 aliphatic rings. The van der Waals surface area contributed by atoms with Gasteiger partial charge in [0.2, 0.25) is 0 Å². The number of nitrogens with zero attached hydrogens (tertiary/aromatic N) is 3. The lowest BCUT2D eigenvalue weighted by atomic mass is 10.0. The van der Waals surface area contributed by atoms with E-state index in [1.165, 1.54) is 5.56 Å². The lowest BCUT2D eigenvalue weighted by Gasteiger charge is -2.18. The van der Waals surface area contributed by atoms with Gasteiger partial charge < -0.3 is 15.7 Å². The van der Waals surface area contributed by atoms with E-state index in [1.54, 1.807) is 7.05 Å². The Bertz CT molecular complexity index is 623. The summed E-state index contributed by atoms with van der Waals surface area (Å²) < 4.78 is 1.82. The van der Waals surface area contributed by atoms with Crippen molar-refractivity contribution in [1.82, 2.24) is 20.4 Å². The molecule has 0 aliphatic heterocycles. The van der Waals surface area contributed by atoms with Crippen molar-refractivity contribution in [3.8, 4) is 0 Å². The number of hydrogen-bond donors (Lipinski definition) is 3. The van der Waals surface area contributed by atoms with Gasteiger partial charge in [-0.2, -0.15) is 5.10 Å². The third kappa shape index (κ3) is 5.70. The van der Waals surface area contributed by atoms with E-state index < -0.39 is 0 Å². The maximum Gasteiger partial charge on any atom is 0.190 e. The summed E-state index contributed by atoms with van der Waals surface area (Å²) in [5.41, 5.74) is 2.37. The Kier molecular flexibility index (Phi) is 7.29. The fourth-order valence-corrected chi connectivity index (χ4v) is 2.55. The predicted octanol–water partition coefficient (Wildman–Crippen LogP) is 1.29. The quantitative estimate of drug-likeness (QED) is 0.388. The Morgan fingerprint density at radius 2 is 2.08 bits per heavy atom. The first kappa shape index (κ1) is 18.0. The summed E-state index contributed by atoms with van der Waals surface area (Å²) in [5, 5.41) is 20.4. The molecule has 0 aliphatic carbocycles. The first-order valence-corrected chi connectivity index (χ1v) is 8.30. The average Bonchev–Trinajstić information content (AvgIpc) is 3.03. The zero-order chi connectivity index (χ0) is 17.2. The number of aromatic nitrogens is 2. The van der Waals surface area contributed by atoms with Crippen molar-refractivity contribution >= 4 is 5.96 Å². The Morgan fingerprint density at radius 3 is 2.71 bits per heavy atom. The molecule has 130 valence electrons. The molecular weight excluding hydrogens is 302 g/mol. The molecule has 0 fully saturated rings. The molecule has 2 rings (SSSR count). The van der Waals surface area contributed by atoms with Crippen molar-refractivity contribution < 1.29 is 5.11 Å². The van der Waals surface area contributed by atoms with Crippen LogP contribution in [-0.4, -0.2) is 47.6 Å². The number of hydrogen-bond acceptors (Lipinski definition) is 3. The van der Waals surface area contributed by atoms with E-state index in [2.05, 4.69) is 20.7 Å². The van der Waals surface area contributed by atoms with Crippen molar-refractivity contribution in [1.29, 1.82) is 0 Å². The Balaban J connectivity index is 1.71. The fraction of sp³-hybridized carbons (Fsp3) is 0.444. The van der Waals surface area contributed by atoms with E-state index in [9.17, 15) is 5.11 Å². The van der Waals surface area contributed by atoms with Crippen LogP contribution in [0.5, 0.6) is 0 Å². The lowest BCUT2D eigenvalue weighted by molar-refractivity contribution is 0.265. The molecule has 6 heteroatoms. The van der Waals surface area contributed by atoms with Crippen molar-refractivity contribution in [2.45, 2.75) is 18.8 Å². The predicted molar refractivity (Wildman–Crippen MR) is 97.2 cm³/mol. The second-order valence-electron chi connectivity index (χ2n) is 5.80. The van der Waals surface area contributed by atoms with E-state index in [4.69, 9.17) is 0 Å². The molecule has 1 aromatic carbocycles. The van der Waals surface area contributed by atoms with Crippen LogP contribution < -0.4 is 10.6 Å². The van der Waals surface area contributed by atoms with Crippen LogP contribution in [0.25, 0.3) is 0 Å². The number of benzene rings is 1. The van der Waals surface area contributed by atoms with E-state index >= 15 is 0 Å². The molecule has 6 nitrogen and oxygen atoms in total. The van der Waals surface area contributed by atoms with Gasteiger partial charge in [-0.05, 0) is 24.0 Å². The summed E-state index contributed by atoms with van der Waals surface area (Å²) in [4.78, 5) is 4.23. The zero-order valence-corrected chi connectivity index (χ0v) is 14.4. The summed E-state index contributed by atoms with van der Waals surface area (Å²) in [5.74, 6) is 0.815. The molecule has 1 atom stereocenters. The maximum atomic E-state index is 9.60. The number of aliphatic hydroxyl groups excluding tert-OH is 1. The van der Waals surface area contributed by atoms with Gasteiger partial charge in [-0.1, -0.05) is 30.3 Å². The van der Waals surface area contributed by atoms with E-state index in [1.807, 2.05) is 54.5 Å². The largest absolute Gasteiger partial charge is 0.396 e. The molecule has 0 saturated heterocycles. The van der Waals surface area contributed by atoms with Crippen molar-refractivity contribution in [3.05, 3.63) is 53.9 Å². The average molecular weight is 329 g/mol. The molecule has 0 radical (unpaired) electrons. The SMILES string of the molecule is CN=C(NCCCc1cnn(C)c1)NCC(CO)c1ccccc1. The molecule has 24 heavy (non-hydrogen) atoms. The topological polar surface area (TPSA) is 74.5 Å². The van der Waals surface area contributed by atoms with Gasteiger partial charge in [0.1, 0.15) is 0 Å². The molecule has 0 amide bonds. The minimum absolute atomic E-state index is 0.0557. The van der Waals surface area contributed by atoms with Crippen LogP contribution in [0, 0.1) is 0 Å². The van der Waals surface area contributed by atoms with Crippen LogP contribution in [0.3, 0.4) is 0 Å². The molecular formula is C18H27N5O. The van der Waals surface area contributed by atoms with Crippen molar-refractivity contribution in [2.75, 3.05) is 26.7 Å². The van der Waals surface area contributed by atoms with Gasteiger partial charge in [0.25, 0.3) is 0 Å². The Morgan fingerprint density at radius 1 is 1.29 bits per heavy atom. The molecule has 0 bridgehead atoms. The van der Waals surface area contributed by atoms with Gasteiger partial charge in [-0.15, -0.1) is 0 Å². The van der Waals surface area contributed by atoms with Crippen LogP contribution >= 0.6 is 0 Å². The van der Waals surface area contributed by atoms with Crippen LogP contribution in [0.4, 0.5) is 0 Å². The zero-order valence-electron chi connectivity index (χ0n) is 14.4. The molecule has 2 aromatic rings. The number of aliphatic hydroxyl groups is 1. The van der Waals surface area contributed by atoms with Gasteiger partial charge in [0.15, 0.2) is 5.96 Å². The summed E-state index contributed by atoms with van der Waals surface area (Å²) in [6, 6.07) is 10.0. The highest BCUT2D eigenvalue weighted by Gasteiger charge is 2.10. The first-order chi connectivity index (χ1) is 11.7. The van der Waals surface area contributed by atoms with Gasteiger partial charge in [0, 0.05) is 39.3 Å². The smallest absolute Gasteiger partial charge is 0.190 e. The molecule has 0 saturated carbocycles. The highest BCUT2D eigenvalue weighted by atomic mass is 16.3. The fourth-order valence-electron chi connectivity index (χ4n) is 2.55. The number of aryl methyl sites for hydroxylation is 2. The van der Waals surface area contributed by atoms with Gasteiger partial charge in [0.05, 0.1) is 12.8 Å². The summed E-state index contributed by atoms with van der Waals surface area (Å²) in [6.07, 6.45) is 5.94. The second-order valence-corrected chi connectivity index (χ2v) is 5.80.